The fourth-order valence-electron chi connectivity index (χ4n) is 1.98. The second-order valence-electron chi connectivity index (χ2n) is 4.61. The average Bonchev–Trinajstić information content (AvgIpc) is 2.49. The second-order valence-corrected chi connectivity index (χ2v) is 5.10. The van der Waals surface area contributed by atoms with Crippen molar-refractivity contribution in [2.75, 3.05) is 13.7 Å². The van der Waals surface area contributed by atoms with Gasteiger partial charge in [-0.3, -0.25) is 0 Å². The summed E-state index contributed by atoms with van der Waals surface area (Å²) in [5, 5.41) is 3.31. The van der Waals surface area contributed by atoms with Gasteiger partial charge >= 0.3 is 0 Å². The third-order valence-corrected chi connectivity index (χ3v) is 3.39. The van der Waals surface area contributed by atoms with Crippen molar-refractivity contribution in [1.29, 1.82) is 0 Å². The molecule has 0 aromatic heterocycles. The molecule has 2 aromatic carbocycles. The summed E-state index contributed by atoms with van der Waals surface area (Å²) < 4.78 is 5.14. The van der Waals surface area contributed by atoms with Crippen LogP contribution in [0.4, 0.5) is 0 Å². The van der Waals surface area contributed by atoms with Crippen LogP contribution in [0.5, 0.6) is 5.75 Å². The van der Waals surface area contributed by atoms with E-state index < -0.39 is 0 Å². The molecule has 0 unspecified atom stereocenters. The van der Waals surface area contributed by atoms with Gasteiger partial charge in [-0.25, -0.2) is 0 Å². The van der Waals surface area contributed by atoms with Crippen LogP contribution in [0.15, 0.2) is 54.6 Å². The number of nitrogens with one attached hydrogen (secondary N) is 1. The van der Waals surface area contributed by atoms with E-state index in [-0.39, 0.29) is 0 Å². The molecule has 1 N–H and O–H groups in total. The van der Waals surface area contributed by atoms with E-state index in [1.54, 1.807) is 7.11 Å². The summed E-state index contributed by atoms with van der Waals surface area (Å²) in [4.78, 5) is 0.893. The van der Waals surface area contributed by atoms with Gasteiger partial charge in [-0.05, 0) is 29.7 Å². The van der Waals surface area contributed by atoms with Crippen molar-refractivity contribution in [3.8, 4) is 5.75 Å². The summed E-state index contributed by atoms with van der Waals surface area (Å²) in [5.41, 5.74) is 2.52. The highest BCUT2D eigenvalue weighted by Gasteiger charge is 1.99. The van der Waals surface area contributed by atoms with E-state index in [4.69, 9.17) is 17.0 Å². The Labute approximate surface area is 125 Å². The maximum absolute atomic E-state index is 5.36. The summed E-state index contributed by atoms with van der Waals surface area (Å²) in [6.07, 6.45) is 1.76. The van der Waals surface area contributed by atoms with Crippen molar-refractivity contribution < 1.29 is 4.74 Å². The fraction of sp³-hybridized carbons (Fsp3) is 0.235. The molecule has 0 saturated carbocycles. The number of methoxy groups -OCH3 is 1. The lowest BCUT2D eigenvalue weighted by atomic mass is 10.1. The van der Waals surface area contributed by atoms with E-state index in [2.05, 4.69) is 29.6 Å². The highest BCUT2D eigenvalue weighted by atomic mass is 32.1. The van der Waals surface area contributed by atoms with Gasteiger partial charge in [0.15, 0.2) is 0 Å². The van der Waals surface area contributed by atoms with Crippen molar-refractivity contribution in [2.24, 2.45) is 0 Å². The van der Waals surface area contributed by atoms with Crippen molar-refractivity contribution >= 4 is 17.2 Å². The summed E-state index contributed by atoms with van der Waals surface area (Å²) in [7, 11) is 1.68. The van der Waals surface area contributed by atoms with Crippen LogP contribution in [0.3, 0.4) is 0 Å². The minimum atomic E-state index is 0.804. The molecule has 0 amide bonds. The number of ether oxygens (including phenoxy) is 1. The van der Waals surface area contributed by atoms with Crippen LogP contribution in [-0.4, -0.2) is 18.6 Å². The lowest BCUT2D eigenvalue weighted by Crippen LogP contribution is -2.25. The van der Waals surface area contributed by atoms with Crippen LogP contribution in [0.2, 0.25) is 0 Å². The highest BCUT2D eigenvalue weighted by molar-refractivity contribution is 7.80. The van der Waals surface area contributed by atoms with E-state index in [9.17, 15) is 0 Å². The summed E-state index contributed by atoms with van der Waals surface area (Å²) >= 11 is 5.36. The van der Waals surface area contributed by atoms with Gasteiger partial charge in [-0.15, -0.1) is 0 Å². The van der Waals surface area contributed by atoms with Crippen LogP contribution in [0.25, 0.3) is 0 Å². The summed E-state index contributed by atoms with van der Waals surface area (Å²) in [6.45, 7) is 0.859. The first-order chi connectivity index (χ1) is 9.78. The SMILES string of the molecule is COc1ccc(CCNC(=S)Cc2ccccc2)cc1. The van der Waals surface area contributed by atoms with Gasteiger partial charge in [0.1, 0.15) is 5.75 Å². The Kier molecular flexibility index (Phi) is 5.56. The average molecular weight is 285 g/mol. The van der Waals surface area contributed by atoms with Gasteiger partial charge < -0.3 is 10.1 Å². The molecule has 0 bridgehead atoms. The van der Waals surface area contributed by atoms with Crippen molar-refractivity contribution in [2.45, 2.75) is 12.8 Å². The monoisotopic (exact) mass is 285 g/mol. The van der Waals surface area contributed by atoms with E-state index >= 15 is 0 Å². The molecule has 0 fully saturated rings. The lowest BCUT2D eigenvalue weighted by molar-refractivity contribution is 0.414. The number of hydrogen-bond donors (Lipinski definition) is 1. The topological polar surface area (TPSA) is 21.3 Å². The normalized spacial score (nSPS) is 10.1. The molecular formula is C17H19NOS. The Hall–Kier alpha value is -1.87. The van der Waals surface area contributed by atoms with Gasteiger partial charge in [-0.2, -0.15) is 0 Å². The molecular weight excluding hydrogens is 266 g/mol. The summed E-state index contributed by atoms with van der Waals surface area (Å²) in [5.74, 6) is 0.890. The smallest absolute Gasteiger partial charge is 0.118 e. The van der Waals surface area contributed by atoms with Gasteiger partial charge in [0, 0.05) is 13.0 Å². The molecule has 0 saturated heterocycles. The number of thiocarbonyl (C=S) groups is 1. The largest absolute Gasteiger partial charge is 0.497 e. The van der Waals surface area contributed by atoms with E-state index in [1.807, 2.05) is 30.3 Å². The predicted octanol–water partition coefficient (Wildman–Crippen LogP) is 3.40. The van der Waals surface area contributed by atoms with Crippen LogP contribution < -0.4 is 10.1 Å². The molecule has 0 heterocycles. The molecule has 104 valence electrons. The third-order valence-electron chi connectivity index (χ3n) is 3.10. The number of benzene rings is 2. The maximum atomic E-state index is 5.36. The van der Waals surface area contributed by atoms with Crippen molar-refractivity contribution in [1.82, 2.24) is 5.32 Å². The molecule has 0 atom stereocenters. The van der Waals surface area contributed by atoms with Gasteiger partial charge in [0.25, 0.3) is 0 Å². The molecule has 2 aromatic rings. The molecule has 2 rings (SSSR count). The highest BCUT2D eigenvalue weighted by Crippen LogP contribution is 2.11. The molecule has 20 heavy (non-hydrogen) atoms. The fourth-order valence-corrected chi connectivity index (χ4v) is 2.25. The third kappa shape index (κ3) is 4.67. The van der Waals surface area contributed by atoms with Gasteiger partial charge in [0.2, 0.25) is 0 Å². The van der Waals surface area contributed by atoms with Gasteiger partial charge in [-0.1, -0.05) is 54.7 Å². The van der Waals surface area contributed by atoms with E-state index in [1.165, 1.54) is 11.1 Å². The zero-order valence-corrected chi connectivity index (χ0v) is 12.5. The molecule has 0 radical (unpaired) electrons. The quantitative estimate of drug-likeness (QED) is 0.822. The first kappa shape index (κ1) is 14.5. The molecule has 2 nitrogen and oxygen atoms in total. The minimum absolute atomic E-state index is 0.804. The summed E-state index contributed by atoms with van der Waals surface area (Å²) in [6, 6.07) is 18.4. The second kappa shape index (κ2) is 7.65. The standard InChI is InChI=1S/C17H19NOS/c1-19-16-9-7-14(8-10-16)11-12-18-17(20)13-15-5-3-2-4-6-15/h2-10H,11-13H2,1H3,(H,18,20). The Morgan fingerprint density at radius 1 is 1.00 bits per heavy atom. The molecule has 0 aliphatic carbocycles. The zero-order chi connectivity index (χ0) is 14.2. The molecule has 0 aliphatic heterocycles. The van der Waals surface area contributed by atoms with Crippen LogP contribution >= 0.6 is 12.2 Å². The van der Waals surface area contributed by atoms with Crippen molar-refractivity contribution in [3.63, 3.8) is 0 Å². The Morgan fingerprint density at radius 2 is 1.70 bits per heavy atom. The lowest BCUT2D eigenvalue weighted by Gasteiger charge is -2.08. The van der Waals surface area contributed by atoms with E-state index in [0.717, 1.165) is 30.1 Å². The Bertz CT molecular complexity index is 537. The van der Waals surface area contributed by atoms with Crippen LogP contribution in [-0.2, 0) is 12.8 Å². The minimum Gasteiger partial charge on any atom is -0.497 e. The Morgan fingerprint density at radius 3 is 2.35 bits per heavy atom. The predicted molar refractivity (Wildman–Crippen MR) is 87.4 cm³/mol. The first-order valence-corrected chi connectivity index (χ1v) is 7.12. The van der Waals surface area contributed by atoms with Crippen LogP contribution in [0.1, 0.15) is 11.1 Å². The Balaban J connectivity index is 1.73. The maximum Gasteiger partial charge on any atom is 0.118 e. The molecule has 0 spiro atoms. The zero-order valence-electron chi connectivity index (χ0n) is 11.6. The number of rotatable bonds is 6. The van der Waals surface area contributed by atoms with E-state index in [0.29, 0.717) is 0 Å². The van der Waals surface area contributed by atoms with Crippen LogP contribution in [0, 0.1) is 0 Å². The molecule has 0 aliphatic rings. The van der Waals surface area contributed by atoms with Crippen molar-refractivity contribution in [3.05, 3.63) is 65.7 Å². The first-order valence-electron chi connectivity index (χ1n) is 6.71. The van der Waals surface area contributed by atoms with Gasteiger partial charge in [0.05, 0.1) is 12.1 Å². The molecule has 3 heteroatoms. The number of hydrogen-bond acceptors (Lipinski definition) is 2.